The van der Waals surface area contributed by atoms with Crippen molar-refractivity contribution in [2.24, 2.45) is 5.73 Å². The lowest BCUT2D eigenvalue weighted by Gasteiger charge is -2.10. The molecule has 2 aromatic rings. The van der Waals surface area contributed by atoms with Crippen molar-refractivity contribution in [1.29, 1.82) is 0 Å². The third-order valence-corrected chi connectivity index (χ3v) is 3.11. The average Bonchev–Trinajstić information content (AvgIpc) is 3.04. The van der Waals surface area contributed by atoms with Crippen LogP contribution >= 0.6 is 0 Å². The third kappa shape index (κ3) is 2.30. The Kier molecular flexibility index (Phi) is 3.12. The van der Waals surface area contributed by atoms with Crippen LogP contribution in [0.25, 0.3) is 5.65 Å². The van der Waals surface area contributed by atoms with Crippen molar-refractivity contribution in [2.75, 3.05) is 18.5 Å². The van der Waals surface area contributed by atoms with Crippen molar-refractivity contribution < 1.29 is 4.74 Å². The molecule has 18 heavy (non-hydrogen) atoms. The number of rotatable bonds is 4. The lowest BCUT2D eigenvalue weighted by Crippen LogP contribution is -2.19. The SMILES string of the molecule is NCc1cn2nc(NCC3CCCO3)ccc2n1. The Morgan fingerprint density at radius 3 is 3.22 bits per heavy atom. The highest BCUT2D eigenvalue weighted by atomic mass is 16.5. The lowest BCUT2D eigenvalue weighted by atomic mass is 10.2. The number of nitrogens with one attached hydrogen (secondary N) is 1. The summed E-state index contributed by atoms with van der Waals surface area (Å²) < 4.78 is 7.31. The second kappa shape index (κ2) is 4.91. The molecule has 0 aromatic carbocycles. The Morgan fingerprint density at radius 2 is 2.44 bits per heavy atom. The second-order valence-corrected chi connectivity index (χ2v) is 4.47. The minimum Gasteiger partial charge on any atom is -0.376 e. The Balaban J connectivity index is 1.71. The number of hydrogen-bond acceptors (Lipinski definition) is 5. The van der Waals surface area contributed by atoms with E-state index in [0.29, 0.717) is 12.6 Å². The van der Waals surface area contributed by atoms with Gasteiger partial charge in [-0.1, -0.05) is 0 Å². The quantitative estimate of drug-likeness (QED) is 0.834. The van der Waals surface area contributed by atoms with Crippen molar-refractivity contribution in [3.05, 3.63) is 24.0 Å². The van der Waals surface area contributed by atoms with Crippen molar-refractivity contribution in [1.82, 2.24) is 14.6 Å². The van der Waals surface area contributed by atoms with Crippen LogP contribution in [0.4, 0.5) is 5.82 Å². The molecule has 0 amide bonds. The molecule has 0 radical (unpaired) electrons. The Labute approximate surface area is 105 Å². The molecular formula is C12H17N5O. The van der Waals surface area contributed by atoms with Gasteiger partial charge in [0.05, 0.1) is 18.0 Å². The summed E-state index contributed by atoms with van der Waals surface area (Å²) in [7, 11) is 0. The number of imidazole rings is 1. The monoisotopic (exact) mass is 247 g/mol. The van der Waals surface area contributed by atoms with Gasteiger partial charge in [-0.25, -0.2) is 9.50 Å². The first-order valence-electron chi connectivity index (χ1n) is 6.26. The number of aromatic nitrogens is 3. The molecule has 3 rings (SSSR count). The fourth-order valence-corrected chi connectivity index (χ4v) is 2.15. The van der Waals surface area contributed by atoms with Crippen molar-refractivity contribution >= 4 is 11.5 Å². The van der Waals surface area contributed by atoms with E-state index in [9.17, 15) is 0 Å². The van der Waals surface area contributed by atoms with Crippen LogP contribution in [0, 0.1) is 0 Å². The van der Waals surface area contributed by atoms with Crippen LogP contribution in [-0.4, -0.2) is 33.9 Å². The van der Waals surface area contributed by atoms with Gasteiger partial charge < -0.3 is 15.8 Å². The van der Waals surface area contributed by atoms with E-state index in [1.54, 1.807) is 4.52 Å². The van der Waals surface area contributed by atoms with E-state index in [0.717, 1.165) is 43.2 Å². The van der Waals surface area contributed by atoms with Gasteiger partial charge in [0.1, 0.15) is 5.82 Å². The number of anilines is 1. The molecule has 2 aromatic heterocycles. The highest BCUT2D eigenvalue weighted by molar-refractivity contribution is 5.45. The zero-order valence-corrected chi connectivity index (χ0v) is 10.2. The summed E-state index contributed by atoms with van der Waals surface area (Å²) in [5.74, 6) is 0.832. The standard InChI is InChI=1S/C12H17N5O/c13-6-9-8-17-12(15-9)4-3-11(16-17)14-7-10-2-1-5-18-10/h3-4,8,10H,1-2,5-7,13H2,(H,14,16). The largest absolute Gasteiger partial charge is 0.376 e. The summed E-state index contributed by atoms with van der Waals surface area (Å²) in [6.45, 7) is 2.11. The molecule has 1 saturated heterocycles. The van der Waals surface area contributed by atoms with Gasteiger partial charge in [0.15, 0.2) is 5.65 Å². The molecule has 0 saturated carbocycles. The van der Waals surface area contributed by atoms with Gasteiger partial charge in [0.2, 0.25) is 0 Å². The topological polar surface area (TPSA) is 77.5 Å². The Morgan fingerprint density at radius 1 is 1.50 bits per heavy atom. The van der Waals surface area contributed by atoms with Gasteiger partial charge in [0.25, 0.3) is 0 Å². The van der Waals surface area contributed by atoms with Gasteiger partial charge in [-0.05, 0) is 25.0 Å². The summed E-state index contributed by atoms with van der Waals surface area (Å²) in [5, 5.41) is 7.73. The van der Waals surface area contributed by atoms with Gasteiger partial charge in [-0.3, -0.25) is 0 Å². The van der Waals surface area contributed by atoms with E-state index >= 15 is 0 Å². The average molecular weight is 247 g/mol. The number of nitrogens with zero attached hydrogens (tertiary/aromatic N) is 3. The maximum atomic E-state index is 5.56. The summed E-state index contributed by atoms with van der Waals surface area (Å²) >= 11 is 0. The predicted octanol–water partition coefficient (Wildman–Crippen LogP) is 0.779. The molecule has 6 heteroatoms. The summed E-state index contributed by atoms with van der Waals surface area (Å²) in [6, 6.07) is 3.86. The van der Waals surface area contributed by atoms with Crippen LogP contribution in [0.2, 0.25) is 0 Å². The van der Waals surface area contributed by atoms with Crippen LogP contribution in [0.3, 0.4) is 0 Å². The fourth-order valence-electron chi connectivity index (χ4n) is 2.15. The summed E-state index contributed by atoms with van der Waals surface area (Å²) in [4.78, 5) is 4.33. The summed E-state index contributed by atoms with van der Waals surface area (Å²) in [6.07, 6.45) is 4.44. The maximum absolute atomic E-state index is 5.56. The molecule has 3 N–H and O–H groups in total. The maximum Gasteiger partial charge on any atom is 0.153 e. The van der Waals surface area contributed by atoms with Crippen LogP contribution in [0.15, 0.2) is 18.3 Å². The van der Waals surface area contributed by atoms with E-state index in [-0.39, 0.29) is 0 Å². The minimum atomic E-state index is 0.310. The Bertz CT molecular complexity index is 532. The number of fused-ring (bicyclic) bond motifs is 1. The van der Waals surface area contributed by atoms with Crippen molar-refractivity contribution in [3.63, 3.8) is 0 Å². The zero-order valence-electron chi connectivity index (χ0n) is 10.2. The fraction of sp³-hybridized carbons (Fsp3) is 0.500. The Hall–Kier alpha value is -1.66. The summed E-state index contributed by atoms with van der Waals surface area (Å²) in [5.41, 5.74) is 7.22. The van der Waals surface area contributed by atoms with E-state index in [2.05, 4.69) is 15.4 Å². The normalized spacial score (nSPS) is 19.5. The molecule has 1 atom stereocenters. The zero-order chi connectivity index (χ0) is 12.4. The van der Waals surface area contributed by atoms with Crippen LogP contribution < -0.4 is 11.1 Å². The smallest absolute Gasteiger partial charge is 0.153 e. The van der Waals surface area contributed by atoms with Crippen LogP contribution in [0.5, 0.6) is 0 Å². The molecule has 0 bridgehead atoms. The number of nitrogens with two attached hydrogens (primary N) is 1. The van der Waals surface area contributed by atoms with Gasteiger partial charge in [-0.15, -0.1) is 5.10 Å². The van der Waals surface area contributed by atoms with E-state index < -0.39 is 0 Å². The highest BCUT2D eigenvalue weighted by Crippen LogP contribution is 2.13. The van der Waals surface area contributed by atoms with Crippen molar-refractivity contribution in [2.45, 2.75) is 25.5 Å². The molecule has 96 valence electrons. The minimum absolute atomic E-state index is 0.310. The molecule has 0 spiro atoms. The molecule has 6 nitrogen and oxygen atoms in total. The number of ether oxygens (including phenoxy) is 1. The lowest BCUT2D eigenvalue weighted by molar-refractivity contribution is 0.120. The first-order chi connectivity index (χ1) is 8.85. The number of hydrogen-bond donors (Lipinski definition) is 2. The third-order valence-electron chi connectivity index (χ3n) is 3.11. The van der Waals surface area contributed by atoms with E-state index in [4.69, 9.17) is 10.5 Å². The second-order valence-electron chi connectivity index (χ2n) is 4.47. The van der Waals surface area contributed by atoms with Crippen molar-refractivity contribution in [3.8, 4) is 0 Å². The first-order valence-corrected chi connectivity index (χ1v) is 6.26. The molecule has 0 aliphatic carbocycles. The predicted molar refractivity (Wildman–Crippen MR) is 68.3 cm³/mol. The van der Waals surface area contributed by atoms with Gasteiger partial charge in [-0.2, -0.15) is 0 Å². The molecule has 3 heterocycles. The first kappa shape index (κ1) is 11.4. The molecule has 1 fully saturated rings. The van der Waals surface area contributed by atoms with Gasteiger partial charge in [0, 0.05) is 19.7 Å². The molecule has 1 unspecified atom stereocenters. The van der Waals surface area contributed by atoms with E-state index in [1.165, 1.54) is 0 Å². The molecular weight excluding hydrogens is 230 g/mol. The van der Waals surface area contributed by atoms with Crippen LogP contribution in [0.1, 0.15) is 18.5 Å². The highest BCUT2D eigenvalue weighted by Gasteiger charge is 2.15. The molecule has 1 aliphatic heterocycles. The van der Waals surface area contributed by atoms with E-state index in [1.807, 2.05) is 18.3 Å². The van der Waals surface area contributed by atoms with Gasteiger partial charge >= 0.3 is 0 Å². The van der Waals surface area contributed by atoms with Crippen LogP contribution in [-0.2, 0) is 11.3 Å². The molecule has 1 aliphatic rings.